The molecule has 1 saturated heterocycles. The van der Waals surface area contributed by atoms with Crippen molar-refractivity contribution >= 4 is 0 Å². The van der Waals surface area contributed by atoms with Crippen LogP contribution in [0.1, 0.15) is 26.7 Å². The largest absolute Gasteiger partial charge is 0.381 e. The molecular formula is C10H17NO. The van der Waals surface area contributed by atoms with Gasteiger partial charge in [-0.1, -0.05) is 19.8 Å². The topological polar surface area (TPSA) is 35.2 Å². The van der Waals surface area contributed by atoms with Crippen molar-refractivity contribution in [3.05, 3.63) is 0 Å². The average Bonchev–Trinajstić information content (AvgIpc) is 2.06. The van der Waals surface area contributed by atoms with E-state index >= 15 is 0 Å². The summed E-state index contributed by atoms with van der Waals surface area (Å²) in [5, 5.41) is 0. The van der Waals surface area contributed by atoms with Gasteiger partial charge in [0.2, 0.25) is 0 Å². The zero-order chi connectivity index (χ0) is 9.03. The normalized spacial score (nSPS) is 21.6. The van der Waals surface area contributed by atoms with Gasteiger partial charge in [-0.2, -0.15) is 0 Å². The Balaban J connectivity index is 2.74. The molecule has 0 aromatic heterocycles. The Morgan fingerprint density at radius 2 is 1.92 bits per heavy atom. The van der Waals surface area contributed by atoms with E-state index in [1.807, 2.05) is 0 Å². The fourth-order valence-corrected chi connectivity index (χ4v) is 1.73. The molecule has 1 fully saturated rings. The van der Waals surface area contributed by atoms with E-state index in [9.17, 15) is 0 Å². The van der Waals surface area contributed by atoms with Crippen molar-refractivity contribution in [3.8, 4) is 12.0 Å². The third kappa shape index (κ3) is 1.73. The number of hydrogen-bond donors (Lipinski definition) is 1. The van der Waals surface area contributed by atoms with Gasteiger partial charge in [-0.15, -0.1) is 0 Å². The monoisotopic (exact) mass is 167 g/mol. The SMILES string of the molecule is CC(C)C1(C#CN)CCOCC1. The maximum atomic E-state index is 5.31. The van der Waals surface area contributed by atoms with Gasteiger partial charge < -0.3 is 10.5 Å². The molecule has 0 aliphatic carbocycles. The zero-order valence-electron chi connectivity index (χ0n) is 7.89. The Morgan fingerprint density at radius 3 is 2.33 bits per heavy atom. The quantitative estimate of drug-likeness (QED) is 0.473. The van der Waals surface area contributed by atoms with Crippen LogP contribution in [0, 0.1) is 23.3 Å². The third-order valence-corrected chi connectivity index (χ3v) is 2.81. The molecule has 0 saturated carbocycles. The molecule has 0 bridgehead atoms. The molecule has 0 aromatic rings. The number of hydrogen-bond acceptors (Lipinski definition) is 2. The van der Waals surface area contributed by atoms with Crippen molar-refractivity contribution in [3.63, 3.8) is 0 Å². The summed E-state index contributed by atoms with van der Waals surface area (Å²) < 4.78 is 5.31. The van der Waals surface area contributed by atoms with E-state index in [2.05, 4.69) is 25.8 Å². The van der Waals surface area contributed by atoms with Gasteiger partial charge in [0.25, 0.3) is 0 Å². The summed E-state index contributed by atoms with van der Waals surface area (Å²) in [5.74, 6) is 3.71. The Labute approximate surface area is 74.5 Å². The lowest BCUT2D eigenvalue weighted by Gasteiger charge is -2.35. The second kappa shape index (κ2) is 3.82. The van der Waals surface area contributed by atoms with Crippen LogP contribution in [0.3, 0.4) is 0 Å². The Kier molecular flexibility index (Phi) is 2.99. The first-order chi connectivity index (χ1) is 5.71. The van der Waals surface area contributed by atoms with Crippen molar-refractivity contribution in [2.45, 2.75) is 26.7 Å². The summed E-state index contributed by atoms with van der Waals surface area (Å²) in [6.07, 6.45) is 2.05. The van der Waals surface area contributed by atoms with Crippen LogP contribution in [0.2, 0.25) is 0 Å². The summed E-state index contributed by atoms with van der Waals surface area (Å²) in [5.41, 5.74) is 5.40. The van der Waals surface area contributed by atoms with Gasteiger partial charge in [-0.25, -0.2) is 0 Å². The molecule has 1 aliphatic heterocycles. The summed E-state index contributed by atoms with van der Waals surface area (Å²) >= 11 is 0. The first-order valence-electron chi connectivity index (χ1n) is 4.52. The van der Waals surface area contributed by atoms with E-state index in [1.165, 1.54) is 0 Å². The van der Waals surface area contributed by atoms with Gasteiger partial charge in [-0.05, 0) is 18.8 Å². The molecule has 0 aromatic carbocycles. The third-order valence-electron chi connectivity index (χ3n) is 2.81. The van der Waals surface area contributed by atoms with E-state index in [0.29, 0.717) is 5.92 Å². The summed E-state index contributed by atoms with van der Waals surface area (Å²) in [4.78, 5) is 0. The molecule has 12 heavy (non-hydrogen) atoms. The molecule has 0 amide bonds. The Morgan fingerprint density at radius 1 is 1.33 bits per heavy atom. The predicted molar refractivity (Wildman–Crippen MR) is 49.3 cm³/mol. The number of nitrogens with two attached hydrogens (primary N) is 1. The fourth-order valence-electron chi connectivity index (χ4n) is 1.73. The highest BCUT2D eigenvalue weighted by Crippen LogP contribution is 2.37. The van der Waals surface area contributed by atoms with Gasteiger partial charge in [0.05, 0.1) is 0 Å². The van der Waals surface area contributed by atoms with E-state index in [-0.39, 0.29) is 5.41 Å². The summed E-state index contributed by atoms with van der Waals surface area (Å²) in [6, 6.07) is 2.55. The predicted octanol–water partition coefficient (Wildman–Crippen LogP) is 1.36. The molecule has 2 N–H and O–H groups in total. The van der Waals surface area contributed by atoms with Crippen molar-refractivity contribution in [2.24, 2.45) is 17.1 Å². The number of ether oxygens (including phenoxy) is 1. The van der Waals surface area contributed by atoms with Crippen LogP contribution in [0.4, 0.5) is 0 Å². The standard InChI is InChI=1S/C10H17NO/c1-9(2)10(3-6-11)4-7-12-8-5-10/h9H,4-5,7-8,11H2,1-2H3. The second-order valence-corrected chi connectivity index (χ2v) is 3.69. The highest BCUT2D eigenvalue weighted by atomic mass is 16.5. The lowest BCUT2D eigenvalue weighted by Crippen LogP contribution is -2.33. The molecule has 0 radical (unpaired) electrons. The van der Waals surface area contributed by atoms with Crippen LogP contribution < -0.4 is 5.73 Å². The van der Waals surface area contributed by atoms with Crippen LogP contribution in [0.5, 0.6) is 0 Å². The molecule has 68 valence electrons. The van der Waals surface area contributed by atoms with Gasteiger partial charge in [0.15, 0.2) is 0 Å². The molecule has 0 unspecified atom stereocenters. The average molecular weight is 167 g/mol. The van der Waals surface area contributed by atoms with Crippen LogP contribution in [0.15, 0.2) is 0 Å². The minimum Gasteiger partial charge on any atom is -0.381 e. The van der Waals surface area contributed by atoms with Crippen molar-refractivity contribution < 1.29 is 4.74 Å². The molecule has 0 spiro atoms. The highest BCUT2D eigenvalue weighted by Gasteiger charge is 2.33. The van der Waals surface area contributed by atoms with Crippen molar-refractivity contribution in [2.75, 3.05) is 13.2 Å². The van der Waals surface area contributed by atoms with Crippen LogP contribution in [0.25, 0.3) is 0 Å². The minimum atomic E-state index is 0.118. The second-order valence-electron chi connectivity index (χ2n) is 3.69. The van der Waals surface area contributed by atoms with Crippen molar-refractivity contribution in [1.82, 2.24) is 0 Å². The van der Waals surface area contributed by atoms with E-state index in [0.717, 1.165) is 26.1 Å². The van der Waals surface area contributed by atoms with Gasteiger partial charge in [0, 0.05) is 24.7 Å². The first-order valence-corrected chi connectivity index (χ1v) is 4.52. The van der Waals surface area contributed by atoms with Gasteiger partial charge in [0.1, 0.15) is 0 Å². The maximum absolute atomic E-state index is 5.31. The van der Waals surface area contributed by atoms with E-state index < -0.39 is 0 Å². The minimum absolute atomic E-state index is 0.118. The molecule has 2 heteroatoms. The van der Waals surface area contributed by atoms with E-state index in [1.54, 1.807) is 0 Å². The summed E-state index contributed by atoms with van der Waals surface area (Å²) in [6.45, 7) is 6.06. The summed E-state index contributed by atoms with van der Waals surface area (Å²) in [7, 11) is 0. The van der Waals surface area contributed by atoms with Crippen LogP contribution >= 0.6 is 0 Å². The van der Waals surface area contributed by atoms with Gasteiger partial charge >= 0.3 is 0 Å². The molecule has 0 atom stereocenters. The van der Waals surface area contributed by atoms with Crippen molar-refractivity contribution in [1.29, 1.82) is 0 Å². The zero-order valence-corrected chi connectivity index (χ0v) is 7.89. The number of rotatable bonds is 1. The Bertz CT molecular complexity index is 194. The molecule has 2 nitrogen and oxygen atoms in total. The van der Waals surface area contributed by atoms with Gasteiger partial charge in [-0.3, -0.25) is 0 Å². The lowest BCUT2D eigenvalue weighted by molar-refractivity contribution is 0.0215. The van der Waals surface area contributed by atoms with Crippen LogP contribution in [-0.2, 0) is 4.74 Å². The fraction of sp³-hybridized carbons (Fsp3) is 0.800. The Hall–Kier alpha value is -0.680. The molecule has 1 aliphatic rings. The first kappa shape index (κ1) is 9.41. The molecule has 1 rings (SSSR count). The lowest BCUT2D eigenvalue weighted by atomic mass is 9.72. The molecular weight excluding hydrogens is 150 g/mol. The highest BCUT2D eigenvalue weighted by molar-refractivity contribution is 5.12. The maximum Gasteiger partial charge on any atom is 0.0480 e. The molecule has 1 heterocycles. The van der Waals surface area contributed by atoms with E-state index in [4.69, 9.17) is 10.5 Å². The smallest absolute Gasteiger partial charge is 0.0480 e. The van der Waals surface area contributed by atoms with Crippen LogP contribution in [-0.4, -0.2) is 13.2 Å².